The van der Waals surface area contributed by atoms with Crippen LogP contribution in [0.1, 0.15) is 45.4 Å². The Morgan fingerprint density at radius 3 is 2.60 bits per heavy atom. The highest BCUT2D eigenvalue weighted by Gasteiger charge is 2.34. The van der Waals surface area contributed by atoms with Gasteiger partial charge in [-0.3, -0.25) is 0 Å². The molecule has 0 spiro atoms. The summed E-state index contributed by atoms with van der Waals surface area (Å²) in [6.45, 7) is 4.52. The Hall–Kier alpha value is -0.160. The second-order valence-corrected chi connectivity index (χ2v) is 7.37. The Morgan fingerprint density at radius 1 is 1.20 bits per heavy atom. The summed E-state index contributed by atoms with van der Waals surface area (Å²) in [5.41, 5.74) is -0.644. The minimum absolute atomic E-state index is 0.577. The number of nitrogens with zero attached hydrogens (tertiary/aromatic N) is 1. The van der Waals surface area contributed by atoms with Gasteiger partial charge in [-0.05, 0) is 59.2 Å². The molecule has 0 aromatic rings. The van der Waals surface area contributed by atoms with E-state index in [1.807, 2.05) is 21.0 Å². The number of rotatable bonds is 6. The fraction of sp³-hybridized carbons (Fsp3) is 1.00. The van der Waals surface area contributed by atoms with Gasteiger partial charge in [0.05, 0.1) is 5.60 Å². The first-order valence-corrected chi connectivity index (χ1v) is 8.32. The fourth-order valence-electron chi connectivity index (χ4n) is 4.06. The van der Waals surface area contributed by atoms with E-state index in [4.69, 9.17) is 0 Å². The fourth-order valence-corrected chi connectivity index (χ4v) is 4.06. The van der Waals surface area contributed by atoms with Crippen LogP contribution in [-0.4, -0.2) is 61.4 Å². The van der Waals surface area contributed by atoms with Crippen LogP contribution < -0.4 is 10.6 Å². The molecule has 1 saturated carbocycles. The van der Waals surface area contributed by atoms with E-state index in [9.17, 15) is 5.11 Å². The number of nitrogens with one attached hydrogen (secondary N) is 2. The zero-order chi connectivity index (χ0) is 14.6. The molecule has 4 unspecified atom stereocenters. The second-order valence-electron chi connectivity index (χ2n) is 7.37. The van der Waals surface area contributed by atoms with Crippen LogP contribution in [0.2, 0.25) is 0 Å². The summed E-state index contributed by atoms with van der Waals surface area (Å²) >= 11 is 0. The van der Waals surface area contributed by atoms with Gasteiger partial charge in [-0.25, -0.2) is 0 Å². The van der Waals surface area contributed by atoms with Crippen molar-refractivity contribution in [2.24, 2.45) is 5.92 Å². The van der Waals surface area contributed by atoms with E-state index in [0.29, 0.717) is 25.2 Å². The predicted octanol–water partition coefficient (Wildman–Crippen LogP) is 1.20. The largest absolute Gasteiger partial charge is 0.388 e. The van der Waals surface area contributed by atoms with Gasteiger partial charge in [-0.2, -0.15) is 0 Å². The number of aliphatic hydroxyl groups is 1. The van der Waals surface area contributed by atoms with Crippen LogP contribution in [-0.2, 0) is 0 Å². The van der Waals surface area contributed by atoms with Crippen LogP contribution in [0.15, 0.2) is 0 Å². The monoisotopic (exact) mass is 283 g/mol. The Labute approximate surface area is 124 Å². The standard InChI is InChI=1S/C16H33N3O/c1-16(20,12-19(2)3)11-18-15-8-5-4-7-13(15)14-9-6-10-17-14/h13-15,17-18,20H,4-12H2,1-3H3. The third-order valence-electron chi connectivity index (χ3n) is 4.84. The molecule has 1 saturated heterocycles. The Morgan fingerprint density at radius 2 is 1.95 bits per heavy atom. The zero-order valence-corrected chi connectivity index (χ0v) is 13.5. The summed E-state index contributed by atoms with van der Waals surface area (Å²) < 4.78 is 0. The summed E-state index contributed by atoms with van der Waals surface area (Å²) in [6.07, 6.45) is 7.96. The molecule has 0 bridgehead atoms. The minimum Gasteiger partial charge on any atom is -0.388 e. The van der Waals surface area contributed by atoms with Crippen molar-refractivity contribution in [3.8, 4) is 0 Å². The van der Waals surface area contributed by atoms with Crippen LogP contribution in [0.4, 0.5) is 0 Å². The van der Waals surface area contributed by atoms with Crippen molar-refractivity contribution in [1.82, 2.24) is 15.5 Å². The van der Waals surface area contributed by atoms with E-state index in [-0.39, 0.29) is 0 Å². The van der Waals surface area contributed by atoms with E-state index in [0.717, 1.165) is 5.92 Å². The van der Waals surface area contributed by atoms with E-state index in [2.05, 4.69) is 15.5 Å². The molecule has 0 aromatic carbocycles. The highest BCUT2D eigenvalue weighted by Crippen LogP contribution is 2.30. The average Bonchev–Trinajstić information content (AvgIpc) is 2.89. The molecule has 3 N–H and O–H groups in total. The molecule has 2 aliphatic rings. The normalized spacial score (nSPS) is 34.4. The second kappa shape index (κ2) is 7.21. The van der Waals surface area contributed by atoms with Crippen LogP contribution in [0.25, 0.3) is 0 Å². The van der Waals surface area contributed by atoms with Gasteiger partial charge in [0.1, 0.15) is 0 Å². The molecule has 2 fully saturated rings. The van der Waals surface area contributed by atoms with Crippen molar-refractivity contribution in [1.29, 1.82) is 0 Å². The molecule has 0 amide bonds. The zero-order valence-electron chi connectivity index (χ0n) is 13.5. The highest BCUT2D eigenvalue weighted by atomic mass is 16.3. The minimum atomic E-state index is -0.644. The lowest BCUT2D eigenvalue weighted by molar-refractivity contribution is 0.0266. The van der Waals surface area contributed by atoms with E-state index in [1.54, 1.807) is 0 Å². The van der Waals surface area contributed by atoms with Gasteiger partial charge < -0.3 is 20.6 Å². The van der Waals surface area contributed by atoms with Crippen molar-refractivity contribution in [2.75, 3.05) is 33.7 Å². The molecule has 1 aliphatic carbocycles. The molecule has 4 heteroatoms. The van der Waals surface area contributed by atoms with Gasteiger partial charge in [0.25, 0.3) is 0 Å². The molecule has 0 aromatic heterocycles. The molecule has 4 nitrogen and oxygen atoms in total. The smallest absolute Gasteiger partial charge is 0.0869 e. The maximum Gasteiger partial charge on any atom is 0.0869 e. The van der Waals surface area contributed by atoms with Crippen molar-refractivity contribution in [3.63, 3.8) is 0 Å². The summed E-state index contributed by atoms with van der Waals surface area (Å²) in [7, 11) is 4.03. The third kappa shape index (κ3) is 4.69. The molecular formula is C16H33N3O. The van der Waals surface area contributed by atoms with Crippen LogP contribution in [0.3, 0.4) is 0 Å². The van der Waals surface area contributed by atoms with Gasteiger partial charge in [0, 0.05) is 25.2 Å². The molecule has 2 rings (SSSR count). The number of likely N-dealkylation sites (N-methyl/N-ethyl adjacent to an activating group) is 1. The van der Waals surface area contributed by atoms with Crippen molar-refractivity contribution in [3.05, 3.63) is 0 Å². The SMILES string of the molecule is CN(C)CC(C)(O)CNC1CCCCC1C1CCCN1. The number of hydrogen-bond acceptors (Lipinski definition) is 4. The molecule has 4 atom stereocenters. The lowest BCUT2D eigenvalue weighted by Crippen LogP contribution is -2.53. The summed E-state index contributed by atoms with van der Waals surface area (Å²) in [5.74, 6) is 0.751. The summed E-state index contributed by atoms with van der Waals surface area (Å²) in [6, 6.07) is 1.28. The van der Waals surface area contributed by atoms with E-state index in [1.165, 1.54) is 45.1 Å². The molecular weight excluding hydrogens is 250 g/mol. The maximum absolute atomic E-state index is 10.4. The third-order valence-corrected chi connectivity index (χ3v) is 4.84. The van der Waals surface area contributed by atoms with Gasteiger partial charge in [0.2, 0.25) is 0 Å². The predicted molar refractivity (Wildman–Crippen MR) is 84.0 cm³/mol. The maximum atomic E-state index is 10.4. The molecule has 0 radical (unpaired) electrons. The van der Waals surface area contributed by atoms with Gasteiger partial charge in [-0.15, -0.1) is 0 Å². The topological polar surface area (TPSA) is 47.5 Å². The quantitative estimate of drug-likeness (QED) is 0.685. The summed E-state index contributed by atoms with van der Waals surface area (Å²) in [5, 5.41) is 17.8. The van der Waals surface area contributed by atoms with Gasteiger partial charge in [-0.1, -0.05) is 12.8 Å². The van der Waals surface area contributed by atoms with Crippen LogP contribution in [0, 0.1) is 5.92 Å². The Balaban J connectivity index is 1.85. The molecule has 1 aliphatic heterocycles. The van der Waals surface area contributed by atoms with Crippen LogP contribution >= 0.6 is 0 Å². The molecule has 20 heavy (non-hydrogen) atoms. The number of hydrogen-bond donors (Lipinski definition) is 3. The lowest BCUT2D eigenvalue weighted by atomic mass is 9.79. The van der Waals surface area contributed by atoms with Crippen LogP contribution in [0.5, 0.6) is 0 Å². The first-order chi connectivity index (χ1) is 9.48. The lowest BCUT2D eigenvalue weighted by Gasteiger charge is -2.38. The molecule has 118 valence electrons. The van der Waals surface area contributed by atoms with Gasteiger partial charge >= 0.3 is 0 Å². The Kier molecular flexibility index (Phi) is 5.84. The van der Waals surface area contributed by atoms with Gasteiger partial charge in [0.15, 0.2) is 0 Å². The highest BCUT2D eigenvalue weighted by molar-refractivity contribution is 4.93. The Bertz CT molecular complexity index is 287. The molecule has 1 heterocycles. The van der Waals surface area contributed by atoms with Crippen molar-refractivity contribution in [2.45, 2.75) is 63.1 Å². The van der Waals surface area contributed by atoms with E-state index >= 15 is 0 Å². The van der Waals surface area contributed by atoms with E-state index < -0.39 is 5.60 Å². The first-order valence-electron chi connectivity index (χ1n) is 8.32. The van der Waals surface area contributed by atoms with Crippen molar-refractivity contribution >= 4 is 0 Å². The van der Waals surface area contributed by atoms with Crippen molar-refractivity contribution < 1.29 is 5.11 Å². The first kappa shape index (κ1) is 16.2. The average molecular weight is 283 g/mol. The summed E-state index contributed by atoms with van der Waals surface area (Å²) in [4.78, 5) is 2.05.